The van der Waals surface area contributed by atoms with Gasteiger partial charge >= 0.3 is 0 Å². The summed E-state index contributed by atoms with van der Waals surface area (Å²) in [5, 5.41) is 20.5. The Labute approximate surface area is 131 Å². The van der Waals surface area contributed by atoms with Gasteiger partial charge < -0.3 is 10.4 Å². The van der Waals surface area contributed by atoms with Gasteiger partial charge in [0.25, 0.3) is 0 Å². The molecule has 0 saturated carbocycles. The lowest BCUT2D eigenvalue weighted by Crippen LogP contribution is -2.26. The van der Waals surface area contributed by atoms with E-state index in [1.54, 1.807) is 23.0 Å². The smallest absolute Gasteiger partial charge is 0.230 e. The second-order valence-electron chi connectivity index (χ2n) is 4.18. The average Bonchev–Trinajstić information content (AvgIpc) is 2.94. The maximum absolute atomic E-state index is 11.6. The minimum absolute atomic E-state index is 0.0660. The maximum atomic E-state index is 11.6. The van der Waals surface area contributed by atoms with Crippen molar-refractivity contribution in [3.8, 4) is 5.69 Å². The molecule has 0 atom stereocenters. The number of carbonyl (C=O) groups excluding carboxylic acids is 1. The topological polar surface area (TPSA) is 80.0 Å². The number of aromatic nitrogens is 3. The Morgan fingerprint density at radius 1 is 1.48 bits per heavy atom. The van der Waals surface area contributed by atoms with E-state index in [4.69, 9.17) is 16.7 Å². The first-order valence-electron chi connectivity index (χ1n) is 6.37. The Morgan fingerprint density at radius 2 is 2.33 bits per heavy atom. The van der Waals surface area contributed by atoms with Crippen molar-refractivity contribution >= 4 is 29.3 Å². The van der Waals surface area contributed by atoms with Gasteiger partial charge in [-0.3, -0.25) is 9.36 Å². The fourth-order valence-corrected chi connectivity index (χ4v) is 2.56. The molecule has 112 valence electrons. The highest BCUT2D eigenvalue weighted by Crippen LogP contribution is 2.21. The molecule has 2 rings (SSSR count). The zero-order chi connectivity index (χ0) is 15.1. The predicted octanol–water partition coefficient (Wildman–Crippen LogP) is 1.51. The van der Waals surface area contributed by atoms with Crippen molar-refractivity contribution in [1.29, 1.82) is 0 Å². The van der Waals surface area contributed by atoms with E-state index in [1.807, 2.05) is 12.1 Å². The Morgan fingerprint density at radius 3 is 3.10 bits per heavy atom. The molecule has 21 heavy (non-hydrogen) atoms. The third-order valence-corrected chi connectivity index (χ3v) is 3.77. The Hall–Kier alpha value is -1.57. The van der Waals surface area contributed by atoms with Gasteiger partial charge in [-0.05, 0) is 24.6 Å². The number of aliphatic hydroxyl groups excluding tert-OH is 1. The van der Waals surface area contributed by atoms with Crippen LogP contribution in [0.4, 0.5) is 0 Å². The summed E-state index contributed by atoms with van der Waals surface area (Å²) in [5.41, 5.74) is 0.843. The number of amides is 1. The molecule has 0 unspecified atom stereocenters. The lowest BCUT2D eigenvalue weighted by molar-refractivity contribution is -0.118. The van der Waals surface area contributed by atoms with Crippen LogP contribution in [0.15, 0.2) is 35.7 Å². The normalized spacial score (nSPS) is 10.6. The minimum atomic E-state index is -0.103. The molecule has 0 aliphatic carbocycles. The van der Waals surface area contributed by atoms with Crippen molar-refractivity contribution in [3.63, 3.8) is 0 Å². The molecular weight excluding hydrogens is 312 g/mol. The van der Waals surface area contributed by atoms with Gasteiger partial charge in [-0.25, -0.2) is 0 Å². The standard InChI is InChI=1S/C13H15ClN4O2S/c14-10-3-1-4-11(7-10)18-9-16-17-13(18)21-8-12(20)15-5-2-6-19/h1,3-4,7,9,19H,2,5-6,8H2,(H,15,20). The molecule has 6 nitrogen and oxygen atoms in total. The first-order chi connectivity index (χ1) is 10.2. The molecule has 0 bridgehead atoms. The number of benzene rings is 1. The van der Waals surface area contributed by atoms with Crippen LogP contribution in [-0.2, 0) is 4.79 Å². The molecule has 1 heterocycles. The number of hydrogen-bond donors (Lipinski definition) is 2. The predicted molar refractivity (Wildman–Crippen MR) is 81.8 cm³/mol. The van der Waals surface area contributed by atoms with Crippen LogP contribution in [0, 0.1) is 0 Å². The molecule has 1 amide bonds. The second-order valence-corrected chi connectivity index (χ2v) is 5.56. The van der Waals surface area contributed by atoms with Gasteiger partial charge in [-0.15, -0.1) is 10.2 Å². The van der Waals surface area contributed by atoms with Crippen LogP contribution < -0.4 is 5.32 Å². The number of hydrogen-bond acceptors (Lipinski definition) is 5. The highest BCUT2D eigenvalue weighted by Gasteiger charge is 2.10. The Bertz CT molecular complexity index is 605. The summed E-state index contributed by atoms with van der Waals surface area (Å²) >= 11 is 7.26. The summed E-state index contributed by atoms with van der Waals surface area (Å²) < 4.78 is 1.78. The van der Waals surface area contributed by atoms with Crippen molar-refractivity contribution < 1.29 is 9.90 Å². The molecule has 0 spiro atoms. The molecule has 8 heteroatoms. The fraction of sp³-hybridized carbons (Fsp3) is 0.308. The number of nitrogens with one attached hydrogen (secondary N) is 1. The zero-order valence-electron chi connectivity index (χ0n) is 11.2. The van der Waals surface area contributed by atoms with Crippen molar-refractivity contribution in [2.24, 2.45) is 0 Å². The van der Waals surface area contributed by atoms with E-state index >= 15 is 0 Å². The van der Waals surface area contributed by atoms with E-state index in [9.17, 15) is 4.79 Å². The van der Waals surface area contributed by atoms with Crippen LogP contribution >= 0.6 is 23.4 Å². The van der Waals surface area contributed by atoms with Gasteiger partial charge in [0.05, 0.1) is 11.4 Å². The summed E-state index contributed by atoms with van der Waals surface area (Å²) in [7, 11) is 0. The molecule has 1 aromatic heterocycles. The highest BCUT2D eigenvalue weighted by atomic mass is 35.5. The molecular formula is C13H15ClN4O2S. The molecule has 0 saturated heterocycles. The summed E-state index contributed by atoms with van der Waals surface area (Å²) in [6.07, 6.45) is 2.13. The summed E-state index contributed by atoms with van der Waals surface area (Å²) in [6, 6.07) is 7.32. The summed E-state index contributed by atoms with van der Waals surface area (Å²) in [6.45, 7) is 0.535. The lowest BCUT2D eigenvalue weighted by atomic mass is 10.3. The van der Waals surface area contributed by atoms with E-state index in [1.165, 1.54) is 11.8 Å². The summed E-state index contributed by atoms with van der Waals surface area (Å²) in [5.74, 6) is 0.138. The van der Waals surface area contributed by atoms with Crippen LogP contribution in [0.1, 0.15) is 6.42 Å². The molecule has 0 aliphatic heterocycles. The SMILES string of the molecule is O=C(CSc1nncn1-c1cccc(Cl)c1)NCCCO. The number of halogens is 1. The van der Waals surface area contributed by atoms with Crippen molar-refractivity contribution in [2.75, 3.05) is 18.9 Å². The van der Waals surface area contributed by atoms with E-state index in [2.05, 4.69) is 15.5 Å². The van der Waals surface area contributed by atoms with Gasteiger partial charge in [0.2, 0.25) is 5.91 Å². The number of thioether (sulfide) groups is 1. The molecule has 2 N–H and O–H groups in total. The molecule has 0 aliphatic rings. The number of carbonyl (C=O) groups is 1. The summed E-state index contributed by atoms with van der Waals surface area (Å²) in [4.78, 5) is 11.6. The zero-order valence-corrected chi connectivity index (χ0v) is 12.8. The number of nitrogens with zero attached hydrogens (tertiary/aromatic N) is 3. The fourth-order valence-electron chi connectivity index (χ4n) is 1.61. The van der Waals surface area contributed by atoms with Crippen molar-refractivity contribution in [3.05, 3.63) is 35.6 Å². The van der Waals surface area contributed by atoms with Crippen molar-refractivity contribution in [1.82, 2.24) is 20.1 Å². The van der Waals surface area contributed by atoms with E-state index in [-0.39, 0.29) is 18.3 Å². The maximum Gasteiger partial charge on any atom is 0.230 e. The molecule has 1 aromatic carbocycles. The van der Waals surface area contributed by atoms with Crippen LogP contribution in [-0.4, -0.2) is 44.7 Å². The van der Waals surface area contributed by atoms with Gasteiger partial charge in [0.15, 0.2) is 5.16 Å². The van der Waals surface area contributed by atoms with Crippen molar-refractivity contribution in [2.45, 2.75) is 11.6 Å². The largest absolute Gasteiger partial charge is 0.396 e. The Balaban J connectivity index is 1.96. The molecule has 0 fully saturated rings. The number of aliphatic hydroxyl groups is 1. The third-order valence-electron chi connectivity index (χ3n) is 2.59. The Kier molecular flexibility index (Phi) is 6.04. The number of rotatable bonds is 7. The quantitative estimate of drug-likeness (QED) is 0.595. The minimum Gasteiger partial charge on any atom is -0.396 e. The van der Waals surface area contributed by atoms with Gasteiger partial charge in [0, 0.05) is 18.2 Å². The first-order valence-corrected chi connectivity index (χ1v) is 7.73. The van der Waals surface area contributed by atoms with E-state index in [0.717, 1.165) is 5.69 Å². The van der Waals surface area contributed by atoms with Gasteiger partial charge in [-0.1, -0.05) is 29.4 Å². The monoisotopic (exact) mass is 326 g/mol. The first kappa shape index (κ1) is 15.8. The van der Waals surface area contributed by atoms with Gasteiger partial charge in [-0.2, -0.15) is 0 Å². The second kappa shape index (κ2) is 8.02. The molecule has 0 radical (unpaired) electrons. The van der Waals surface area contributed by atoms with Crippen LogP contribution in [0.3, 0.4) is 0 Å². The van der Waals surface area contributed by atoms with Crippen LogP contribution in [0.25, 0.3) is 5.69 Å². The third kappa shape index (κ3) is 4.73. The van der Waals surface area contributed by atoms with Gasteiger partial charge in [0.1, 0.15) is 6.33 Å². The van der Waals surface area contributed by atoms with E-state index < -0.39 is 0 Å². The molecule has 2 aromatic rings. The average molecular weight is 327 g/mol. The lowest BCUT2D eigenvalue weighted by Gasteiger charge is -2.07. The van der Waals surface area contributed by atoms with Crippen LogP contribution in [0.2, 0.25) is 5.02 Å². The van der Waals surface area contributed by atoms with Crippen LogP contribution in [0.5, 0.6) is 0 Å². The highest BCUT2D eigenvalue weighted by molar-refractivity contribution is 7.99. The van der Waals surface area contributed by atoms with E-state index in [0.29, 0.717) is 23.1 Å².